The van der Waals surface area contributed by atoms with Crippen LogP contribution in [0.5, 0.6) is 11.5 Å². The van der Waals surface area contributed by atoms with E-state index in [1.165, 1.54) is 4.68 Å². The van der Waals surface area contributed by atoms with E-state index in [4.69, 9.17) is 37.7 Å². The molecule has 214 valence electrons. The molecule has 0 aliphatic carbocycles. The van der Waals surface area contributed by atoms with E-state index in [0.29, 0.717) is 51.3 Å². The van der Waals surface area contributed by atoms with Gasteiger partial charge >= 0.3 is 0 Å². The second kappa shape index (κ2) is 12.8. The number of hydrogen-bond donors (Lipinski definition) is 0. The summed E-state index contributed by atoms with van der Waals surface area (Å²) in [5.41, 5.74) is 4.65. The van der Waals surface area contributed by atoms with Crippen molar-refractivity contribution in [1.82, 2.24) is 9.66 Å². The van der Waals surface area contributed by atoms with Crippen LogP contribution in [0.4, 0.5) is 0 Å². The monoisotopic (exact) mass is 599 g/mol. The molecule has 1 heterocycles. The normalized spacial score (nSPS) is 11.5. The molecule has 0 saturated carbocycles. The summed E-state index contributed by atoms with van der Waals surface area (Å²) in [6, 6.07) is 24.5. The first-order chi connectivity index (χ1) is 20.3. The second-order valence-electron chi connectivity index (χ2n) is 10.2. The van der Waals surface area contributed by atoms with Crippen LogP contribution in [0.15, 0.2) is 88.8 Å². The van der Waals surface area contributed by atoms with Crippen LogP contribution in [0.25, 0.3) is 22.3 Å². The third-order valence-corrected chi connectivity index (χ3v) is 7.40. The summed E-state index contributed by atoms with van der Waals surface area (Å²) in [6.07, 6.45) is 1.55. The Morgan fingerprint density at radius 2 is 1.64 bits per heavy atom. The van der Waals surface area contributed by atoms with Gasteiger partial charge in [-0.15, -0.1) is 0 Å². The van der Waals surface area contributed by atoms with Gasteiger partial charge in [0.15, 0.2) is 11.6 Å². The molecule has 0 atom stereocenters. The highest BCUT2D eigenvalue weighted by Gasteiger charge is 2.19. The maximum Gasteiger partial charge on any atom is 0.282 e. The zero-order chi connectivity index (χ0) is 29.8. The lowest BCUT2D eigenvalue weighted by atomic mass is 9.96. The van der Waals surface area contributed by atoms with Crippen molar-refractivity contribution in [2.45, 2.75) is 40.2 Å². The predicted octanol–water partition coefficient (Wildman–Crippen LogP) is 8.66. The number of fused-ring (bicyclic) bond motifs is 1. The predicted molar refractivity (Wildman–Crippen MR) is 172 cm³/mol. The molecule has 0 fully saturated rings. The van der Waals surface area contributed by atoms with Crippen LogP contribution < -0.4 is 15.0 Å². The third kappa shape index (κ3) is 6.20. The quantitative estimate of drug-likeness (QED) is 0.159. The van der Waals surface area contributed by atoms with Crippen molar-refractivity contribution in [3.8, 4) is 22.9 Å². The Kier molecular flexibility index (Phi) is 8.95. The summed E-state index contributed by atoms with van der Waals surface area (Å²) in [7, 11) is 0. The van der Waals surface area contributed by atoms with E-state index in [2.05, 4.69) is 18.9 Å². The Morgan fingerprint density at radius 1 is 0.952 bits per heavy atom. The van der Waals surface area contributed by atoms with Crippen LogP contribution in [-0.4, -0.2) is 22.5 Å². The van der Waals surface area contributed by atoms with Gasteiger partial charge in [-0.3, -0.25) is 4.79 Å². The number of para-hydroxylation sites is 1. The van der Waals surface area contributed by atoms with Crippen molar-refractivity contribution < 1.29 is 9.47 Å². The minimum Gasteiger partial charge on any atom is -0.494 e. The Bertz CT molecular complexity index is 1810. The van der Waals surface area contributed by atoms with Gasteiger partial charge in [-0.1, -0.05) is 79.5 Å². The first-order valence-electron chi connectivity index (χ1n) is 13.8. The molecule has 1 aromatic heterocycles. The maximum absolute atomic E-state index is 13.8. The van der Waals surface area contributed by atoms with Gasteiger partial charge in [0.25, 0.3) is 5.56 Å². The van der Waals surface area contributed by atoms with Gasteiger partial charge in [0, 0.05) is 5.56 Å². The number of rotatable bonds is 9. The molecule has 0 spiro atoms. The Hall–Kier alpha value is -4.13. The fourth-order valence-corrected chi connectivity index (χ4v) is 5.34. The number of halogens is 2. The van der Waals surface area contributed by atoms with Crippen LogP contribution in [0.2, 0.25) is 10.0 Å². The van der Waals surface area contributed by atoms with Gasteiger partial charge in [0.05, 0.1) is 33.8 Å². The van der Waals surface area contributed by atoms with Crippen molar-refractivity contribution in [3.05, 3.63) is 122 Å². The van der Waals surface area contributed by atoms with E-state index >= 15 is 0 Å². The van der Waals surface area contributed by atoms with Crippen molar-refractivity contribution in [2.24, 2.45) is 5.10 Å². The fourth-order valence-electron chi connectivity index (χ4n) is 4.72. The Labute approximate surface area is 255 Å². The zero-order valence-electron chi connectivity index (χ0n) is 23.9. The van der Waals surface area contributed by atoms with Crippen LogP contribution in [-0.2, 0) is 6.61 Å². The molecule has 0 amide bonds. The molecule has 5 aromatic rings. The average Bonchev–Trinajstić information content (AvgIpc) is 2.97. The summed E-state index contributed by atoms with van der Waals surface area (Å²) in [6.45, 7) is 9.04. The van der Waals surface area contributed by atoms with E-state index in [9.17, 15) is 4.79 Å². The number of aryl methyl sites for hydroxylation is 1. The summed E-state index contributed by atoms with van der Waals surface area (Å²) < 4.78 is 13.2. The van der Waals surface area contributed by atoms with E-state index in [1.54, 1.807) is 24.4 Å². The molecular formula is C34H31Cl2N3O3. The first kappa shape index (κ1) is 29.4. The topological polar surface area (TPSA) is 65.7 Å². The lowest BCUT2D eigenvalue weighted by Gasteiger charge is -2.18. The average molecular weight is 601 g/mol. The number of nitrogens with zero attached hydrogens (tertiary/aromatic N) is 3. The molecular weight excluding hydrogens is 569 g/mol. The third-order valence-electron chi connectivity index (χ3n) is 6.84. The first-order valence-corrected chi connectivity index (χ1v) is 14.5. The molecule has 0 bridgehead atoms. The van der Waals surface area contributed by atoms with Crippen LogP contribution in [0, 0.1) is 6.92 Å². The summed E-state index contributed by atoms with van der Waals surface area (Å²) >= 11 is 13.1. The van der Waals surface area contributed by atoms with Crippen LogP contribution >= 0.6 is 23.2 Å². The molecule has 42 heavy (non-hydrogen) atoms. The number of aromatic nitrogens is 2. The Morgan fingerprint density at radius 3 is 2.33 bits per heavy atom. The molecule has 6 nitrogen and oxygen atoms in total. The van der Waals surface area contributed by atoms with E-state index < -0.39 is 0 Å². The van der Waals surface area contributed by atoms with E-state index in [1.807, 2.05) is 74.5 Å². The van der Waals surface area contributed by atoms with Gasteiger partial charge in [-0.25, -0.2) is 4.98 Å². The van der Waals surface area contributed by atoms with Crippen molar-refractivity contribution >= 4 is 40.3 Å². The molecule has 8 heteroatoms. The number of benzene rings is 4. The van der Waals surface area contributed by atoms with Gasteiger partial charge < -0.3 is 9.47 Å². The van der Waals surface area contributed by atoms with Gasteiger partial charge in [0.1, 0.15) is 12.4 Å². The molecule has 5 rings (SSSR count). The Balaban J connectivity index is 1.58. The molecule has 0 unspecified atom stereocenters. The van der Waals surface area contributed by atoms with Crippen molar-refractivity contribution in [1.29, 1.82) is 0 Å². The van der Waals surface area contributed by atoms with Crippen molar-refractivity contribution in [2.75, 3.05) is 6.61 Å². The van der Waals surface area contributed by atoms with Crippen molar-refractivity contribution in [3.63, 3.8) is 0 Å². The van der Waals surface area contributed by atoms with E-state index in [-0.39, 0.29) is 11.5 Å². The standard InChI is InChI=1S/C34H31Cl2N3O3/c1-5-41-31-15-22(4)27(18-26(31)21(2)3)33-38-30-14-10-9-13-25(30)34(40)39(33)37-19-24-16-28(35)32(29(36)17-24)42-20-23-11-7-6-8-12-23/h6-19,21H,5,20H2,1-4H3. The summed E-state index contributed by atoms with van der Waals surface area (Å²) in [5.74, 6) is 1.83. The highest BCUT2D eigenvalue weighted by Crippen LogP contribution is 2.36. The lowest BCUT2D eigenvalue weighted by Crippen LogP contribution is -2.21. The number of ether oxygens (including phenoxy) is 2. The molecule has 0 aliphatic heterocycles. The molecule has 0 saturated heterocycles. The number of hydrogen-bond acceptors (Lipinski definition) is 5. The smallest absolute Gasteiger partial charge is 0.282 e. The largest absolute Gasteiger partial charge is 0.494 e. The molecule has 0 aliphatic rings. The highest BCUT2D eigenvalue weighted by molar-refractivity contribution is 6.37. The molecule has 4 aromatic carbocycles. The van der Waals surface area contributed by atoms with Crippen LogP contribution in [0.1, 0.15) is 48.9 Å². The summed E-state index contributed by atoms with van der Waals surface area (Å²) in [5, 5.41) is 5.76. The minimum absolute atomic E-state index is 0.196. The minimum atomic E-state index is -0.286. The van der Waals surface area contributed by atoms with Crippen LogP contribution in [0.3, 0.4) is 0 Å². The lowest BCUT2D eigenvalue weighted by molar-refractivity contribution is 0.306. The fraction of sp³-hybridized carbons (Fsp3) is 0.206. The molecule has 0 radical (unpaired) electrons. The highest BCUT2D eigenvalue weighted by atomic mass is 35.5. The van der Waals surface area contributed by atoms with Gasteiger partial charge in [-0.05, 0) is 78.4 Å². The molecule has 0 N–H and O–H groups in total. The van der Waals surface area contributed by atoms with E-state index in [0.717, 1.165) is 28.0 Å². The van der Waals surface area contributed by atoms with Gasteiger partial charge in [-0.2, -0.15) is 9.78 Å². The maximum atomic E-state index is 13.8. The zero-order valence-corrected chi connectivity index (χ0v) is 25.4. The SMILES string of the molecule is CCOc1cc(C)c(-c2nc3ccccc3c(=O)n2N=Cc2cc(Cl)c(OCc3ccccc3)c(Cl)c2)cc1C(C)C. The summed E-state index contributed by atoms with van der Waals surface area (Å²) in [4.78, 5) is 18.7. The van der Waals surface area contributed by atoms with Gasteiger partial charge in [0.2, 0.25) is 0 Å². The second-order valence-corrected chi connectivity index (χ2v) is 11.0.